The standard InChI is InChI=1S/C18H28N2OS/c1-3-4-10-22-14(2)18(21)20-12-16(11-19)17(13-20)15-8-6-5-7-9-15/h5-9,14,16-17H,3-4,10-13,19H2,1-2H3/t14?,16-,17+/m1/s1. The molecular formula is C18H28N2OS. The molecule has 3 atom stereocenters. The van der Waals surface area contributed by atoms with Crippen LogP contribution in [0.15, 0.2) is 30.3 Å². The normalized spacial score (nSPS) is 22.8. The van der Waals surface area contributed by atoms with Crippen molar-refractivity contribution >= 4 is 17.7 Å². The third kappa shape index (κ3) is 4.26. The smallest absolute Gasteiger partial charge is 0.235 e. The maximum atomic E-state index is 12.6. The molecule has 1 unspecified atom stereocenters. The minimum atomic E-state index is 0.0551. The van der Waals surface area contributed by atoms with Gasteiger partial charge in [-0.15, -0.1) is 11.8 Å². The molecule has 0 aliphatic carbocycles. The number of nitrogens with two attached hydrogens (primary N) is 1. The van der Waals surface area contributed by atoms with E-state index in [1.807, 2.05) is 17.9 Å². The highest BCUT2D eigenvalue weighted by molar-refractivity contribution is 8.00. The quantitative estimate of drug-likeness (QED) is 0.785. The van der Waals surface area contributed by atoms with E-state index in [2.05, 4.69) is 31.2 Å². The first-order chi connectivity index (χ1) is 10.7. The van der Waals surface area contributed by atoms with Crippen molar-refractivity contribution in [1.29, 1.82) is 0 Å². The summed E-state index contributed by atoms with van der Waals surface area (Å²) in [5.41, 5.74) is 7.26. The second-order valence-corrected chi connectivity index (χ2v) is 7.57. The molecule has 1 aliphatic rings. The van der Waals surface area contributed by atoms with Crippen LogP contribution in [0.3, 0.4) is 0 Å². The Morgan fingerprint density at radius 3 is 2.73 bits per heavy atom. The molecule has 1 fully saturated rings. The number of amides is 1. The largest absolute Gasteiger partial charge is 0.341 e. The molecule has 2 N–H and O–H groups in total. The number of nitrogens with zero attached hydrogens (tertiary/aromatic N) is 1. The van der Waals surface area contributed by atoms with E-state index in [4.69, 9.17) is 5.73 Å². The zero-order valence-electron chi connectivity index (χ0n) is 13.7. The first kappa shape index (κ1) is 17.4. The molecule has 0 spiro atoms. The Balaban J connectivity index is 1.97. The monoisotopic (exact) mass is 320 g/mol. The van der Waals surface area contributed by atoms with Gasteiger partial charge in [0.25, 0.3) is 0 Å². The molecule has 1 aromatic carbocycles. The predicted octanol–water partition coefficient (Wildman–Crippen LogP) is 3.11. The van der Waals surface area contributed by atoms with Crippen LogP contribution >= 0.6 is 11.8 Å². The van der Waals surface area contributed by atoms with Crippen molar-refractivity contribution in [2.45, 2.75) is 37.9 Å². The Bertz CT molecular complexity index is 465. The van der Waals surface area contributed by atoms with Gasteiger partial charge in [-0.1, -0.05) is 43.7 Å². The third-order valence-corrected chi connectivity index (χ3v) is 5.72. The molecule has 1 amide bonds. The Labute approximate surface area is 138 Å². The number of benzene rings is 1. The zero-order chi connectivity index (χ0) is 15.9. The van der Waals surface area contributed by atoms with Crippen molar-refractivity contribution in [3.8, 4) is 0 Å². The van der Waals surface area contributed by atoms with Crippen molar-refractivity contribution < 1.29 is 4.79 Å². The van der Waals surface area contributed by atoms with E-state index >= 15 is 0 Å². The van der Waals surface area contributed by atoms with Gasteiger partial charge < -0.3 is 10.6 Å². The molecule has 0 aromatic heterocycles. The maximum Gasteiger partial charge on any atom is 0.235 e. The molecule has 0 radical (unpaired) electrons. The van der Waals surface area contributed by atoms with Gasteiger partial charge in [0.2, 0.25) is 5.91 Å². The average molecular weight is 321 g/mol. The molecule has 1 heterocycles. The van der Waals surface area contributed by atoms with Gasteiger partial charge in [0, 0.05) is 19.0 Å². The predicted molar refractivity (Wildman–Crippen MR) is 95.1 cm³/mol. The fourth-order valence-corrected chi connectivity index (χ4v) is 4.20. The highest BCUT2D eigenvalue weighted by Crippen LogP contribution is 2.33. The van der Waals surface area contributed by atoms with E-state index in [-0.39, 0.29) is 11.2 Å². The van der Waals surface area contributed by atoms with Gasteiger partial charge in [-0.05, 0) is 37.1 Å². The van der Waals surface area contributed by atoms with Gasteiger partial charge >= 0.3 is 0 Å². The molecule has 3 nitrogen and oxygen atoms in total. The lowest BCUT2D eigenvalue weighted by atomic mass is 9.89. The summed E-state index contributed by atoms with van der Waals surface area (Å²) in [6, 6.07) is 10.5. The minimum Gasteiger partial charge on any atom is -0.341 e. The lowest BCUT2D eigenvalue weighted by molar-refractivity contribution is -0.129. The summed E-state index contributed by atoms with van der Waals surface area (Å²) in [6.07, 6.45) is 2.36. The number of carbonyl (C=O) groups is 1. The molecule has 1 saturated heterocycles. The highest BCUT2D eigenvalue weighted by Gasteiger charge is 2.36. The summed E-state index contributed by atoms with van der Waals surface area (Å²) in [5.74, 6) is 2.10. The maximum absolute atomic E-state index is 12.6. The van der Waals surface area contributed by atoms with Crippen LogP contribution in [0.1, 0.15) is 38.2 Å². The third-order valence-electron chi connectivity index (χ3n) is 4.50. The number of hydrogen-bond acceptors (Lipinski definition) is 3. The Morgan fingerprint density at radius 1 is 1.36 bits per heavy atom. The van der Waals surface area contributed by atoms with Crippen molar-refractivity contribution in [3.05, 3.63) is 35.9 Å². The molecule has 122 valence electrons. The van der Waals surface area contributed by atoms with Crippen LogP contribution in [0.5, 0.6) is 0 Å². The van der Waals surface area contributed by atoms with Crippen LogP contribution in [-0.2, 0) is 4.79 Å². The average Bonchev–Trinajstić information content (AvgIpc) is 2.99. The molecule has 2 rings (SSSR count). The van der Waals surface area contributed by atoms with Gasteiger partial charge in [-0.2, -0.15) is 0 Å². The lowest BCUT2D eigenvalue weighted by Gasteiger charge is -2.21. The summed E-state index contributed by atoms with van der Waals surface area (Å²) < 4.78 is 0. The summed E-state index contributed by atoms with van der Waals surface area (Å²) in [7, 11) is 0. The molecule has 22 heavy (non-hydrogen) atoms. The minimum absolute atomic E-state index is 0.0551. The van der Waals surface area contributed by atoms with E-state index < -0.39 is 0 Å². The van der Waals surface area contributed by atoms with Crippen LogP contribution in [0, 0.1) is 5.92 Å². The van der Waals surface area contributed by atoms with Crippen LogP contribution in [0.2, 0.25) is 0 Å². The molecule has 1 aliphatic heterocycles. The van der Waals surface area contributed by atoms with E-state index in [0.717, 1.165) is 18.8 Å². The molecule has 0 saturated carbocycles. The SMILES string of the molecule is CCCCSC(C)C(=O)N1C[C@@H](CN)[C@H](c2ccccc2)C1. The fraction of sp³-hybridized carbons (Fsp3) is 0.611. The number of hydrogen-bond donors (Lipinski definition) is 1. The van der Waals surface area contributed by atoms with Crippen LogP contribution in [0.25, 0.3) is 0 Å². The summed E-state index contributed by atoms with van der Waals surface area (Å²) in [5, 5.41) is 0.0551. The Kier molecular flexibility index (Phi) is 6.77. The number of rotatable bonds is 7. The van der Waals surface area contributed by atoms with Crippen LogP contribution in [-0.4, -0.2) is 41.4 Å². The lowest BCUT2D eigenvalue weighted by Crippen LogP contribution is -2.35. The second kappa shape index (κ2) is 8.59. The van der Waals surface area contributed by atoms with Gasteiger partial charge in [-0.3, -0.25) is 4.79 Å². The Morgan fingerprint density at radius 2 is 2.09 bits per heavy atom. The summed E-state index contributed by atoms with van der Waals surface area (Å²) in [6.45, 7) is 6.47. The highest BCUT2D eigenvalue weighted by atomic mass is 32.2. The first-order valence-electron chi connectivity index (χ1n) is 8.32. The van der Waals surface area contributed by atoms with Crippen molar-refractivity contribution in [3.63, 3.8) is 0 Å². The molecule has 1 aromatic rings. The number of likely N-dealkylation sites (tertiary alicyclic amines) is 1. The zero-order valence-corrected chi connectivity index (χ0v) is 14.5. The van der Waals surface area contributed by atoms with E-state index in [1.165, 1.54) is 18.4 Å². The van der Waals surface area contributed by atoms with Crippen LogP contribution in [0.4, 0.5) is 0 Å². The number of carbonyl (C=O) groups excluding carboxylic acids is 1. The van der Waals surface area contributed by atoms with Gasteiger partial charge in [0.15, 0.2) is 0 Å². The van der Waals surface area contributed by atoms with Gasteiger partial charge in [-0.25, -0.2) is 0 Å². The summed E-state index contributed by atoms with van der Waals surface area (Å²) >= 11 is 1.78. The topological polar surface area (TPSA) is 46.3 Å². The summed E-state index contributed by atoms with van der Waals surface area (Å²) in [4.78, 5) is 14.7. The second-order valence-electron chi connectivity index (χ2n) is 6.12. The first-order valence-corrected chi connectivity index (χ1v) is 9.37. The van der Waals surface area contributed by atoms with Crippen molar-refractivity contribution in [2.24, 2.45) is 11.7 Å². The fourth-order valence-electron chi connectivity index (χ4n) is 3.10. The van der Waals surface area contributed by atoms with Crippen molar-refractivity contribution in [2.75, 3.05) is 25.4 Å². The van der Waals surface area contributed by atoms with E-state index in [9.17, 15) is 4.79 Å². The van der Waals surface area contributed by atoms with E-state index in [1.54, 1.807) is 11.8 Å². The van der Waals surface area contributed by atoms with Crippen LogP contribution < -0.4 is 5.73 Å². The Hall–Kier alpha value is -1.00. The molecular weight excluding hydrogens is 292 g/mol. The van der Waals surface area contributed by atoms with Crippen molar-refractivity contribution in [1.82, 2.24) is 4.90 Å². The van der Waals surface area contributed by atoms with Gasteiger partial charge in [0.05, 0.1) is 5.25 Å². The number of thioether (sulfide) groups is 1. The molecule has 4 heteroatoms. The van der Waals surface area contributed by atoms with E-state index in [0.29, 0.717) is 18.4 Å². The van der Waals surface area contributed by atoms with Gasteiger partial charge in [0.1, 0.15) is 0 Å². The molecule has 0 bridgehead atoms. The number of unbranched alkanes of at least 4 members (excludes halogenated alkanes) is 1.